The first-order chi connectivity index (χ1) is 19.3. The van der Waals surface area contributed by atoms with E-state index in [1.54, 1.807) is 42.0 Å². The predicted molar refractivity (Wildman–Crippen MR) is 143 cm³/mol. The number of nitrogens with zero attached hydrogens (tertiary/aromatic N) is 6. The third kappa shape index (κ3) is 5.30. The molecule has 4 aromatic rings. The van der Waals surface area contributed by atoms with Gasteiger partial charge in [-0.2, -0.15) is 5.10 Å². The number of fused-ring (bicyclic) bond motifs is 1. The summed E-state index contributed by atoms with van der Waals surface area (Å²) in [6.07, 6.45) is 4.11. The Morgan fingerprint density at radius 3 is 2.73 bits per heavy atom. The van der Waals surface area contributed by atoms with E-state index in [0.29, 0.717) is 41.3 Å². The summed E-state index contributed by atoms with van der Waals surface area (Å²) in [7, 11) is 4.69. The maximum absolute atomic E-state index is 15.3. The largest absolute Gasteiger partial charge is 0.494 e. The molecule has 5 rings (SSSR count). The van der Waals surface area contributed by atoms with Crippen molar-refractivity contribution in [3.63, 3.8) is 0 Å². The summed E-state index contributed by atoms with van der Waals surface area (Å²) >= 11 is 0. The molecule has 0 saturated heterocycles. The molecular formula is C28H30FN7O4. The number of halogens is 1. The standard InChI is InChI=1S/C28H30FN7O4/c1-17-13-36(33-31-17)24-7-8-25(40-4)26(29)21(24)12-30-27(37)22-15-35(32-23(22)16-39-3)14-18-5-6-19-9-10-34(2)28(38)20(19)11-18/h5-8,11,13,15H,9-10,12,14,16H2,1-4H3,(H,30,37). The normalized spacial score (nSPS) is 12.9. The zero-order chi connectivity index (χ0) is 28.4. The van der Waals surface area contributed by atoms with Crippen molar-refractivity contribution in [2.24, 2.45) is 0 Å². The smallest absolute Gasteiger partial charge is 0.255 e. The highest BCUT2D eigenvalue weighted by atomic mass is 19.1. The third-order valence-corrected chi connectivity index (χ3v) is 6.86. The van der Waals surface area contributed by atoms with Crippen LogP contribution in [0, 0.1) is 12.7 Å². The minimum atomic E-state index is -0.603. The van der Waals surface area contributed by atoms with Crippen LogP contribution >= 0.6 is 0 Å². The fourth-order valence-corrected chi connectivity index (χ4v) is 4.76. The maximum atomic E-state index is 15.3. The van der Waals surface area contributed by atoms with Crippen LogP contribution in [0.5, 0.6) is 5.75 Å². The first-order valence-electron chi connectivity index (χ1n) is 12.7. The van der Waals surface area contributed by atoms with E-state index in [2.05, 4.69) is 20.7 Å². The van der Waals surface area contributed by atoms with Crippen LogP contribution in [0.1, 0.15) is 48.8 Å². The molecule has 2 amide bonds. The number of hydrogen-bond acceptors (Lipinski definition) is 7. The molecule has 0 bridgehead atoms. The van der Waals surface area contributed by atoms with E-state index in [0.717, 1.165) is 17.5 Å². The highest BCUT2D eigenvalue weighted by molar-refractivity contribution is 5.97. The van der Waals surface area contributed by atoms with Gasteiger partial charge >= 0.3 is 0 Å². The molecular weight excluding hydrogens is 517 g/mol. The molecule has 1 aliphatic heterocycles. The molecule has 0 fully saturated rings. The molecule has 0 unspecified atom stereocenters. The van der Waals surface area contributed by atoms with Gasteiger partial charge in [0.25, 0.3) is 11.8 Å². The number of rotatable bonds is 9. The van der Waals surface area contributed by atoms with Crippen molar-refractivity contribution in [3.8, 4) is 11.4 Å². The van der Waals surface area contributed by atoms with Crippen LogP contribution < -0.4 is 10.1 Å². The molecule has 40 heavy (non-hydrogen) atoms. The molecule has 1 N–H and O–H groups in total. The Labute approximate surface area is 230 Å². The molecule has 2 aromatic heterocycles. The van der Waals surface area contributed by atoms with Crippen molar-refractivity contribution in [2.75, 3.05) is 27.8 Å². The van der Waals surface area contributed by atoms with Gasteiger partial charge < -0.3 is 19.7 Å². The zero-order valence-corrected chi connectivity index (χ0v) is 22.8. The van der Waals surface area contributed by atoms with Gasteiger partial charge in [-0.15, -0.1) is 5.10 Å². The van der Waals surface area contributed by atoms with Crippen LogP contribution in [-0.2, 0) is 30.9 Å². The molecule has 0 saturated carbocycles. The molecule has 208 valence electrons. The lowest BCUT2D eigenvalue weighted by Crippen LogP contribution is -2.34. The van der Waals surface area contributed by atoms with Crippen molar-refractivity contribution < 1.29 is 23.5 Å². The molecule has 12 heteroatoms. The fraction of sp³-hybridized carbons (Fsp3) is 0.321. The summed E-state index contributed by atoms with van der Waals surface area (Å²) in [5.41, 5.74) is 4.63. The second kappa shape index (κ2) is 11.3. The third-order valence-electron chi connectivity index (χ3n) is 6.86. The lowest BCUT2D eigenvalue weighted by atomic mass is 9.97. The van der Waals surface area contributed by atoms with E-state index in [4.69, 9.17) is 9.47 Å². The first-order valence-corrected chi connectivity index (χ1v) is 12.7. The average molecular weight is 548 g/mol. The summed E-state index contributed by atoms with van der Waals surface area (Å²) in [4.78, 5) is 27.6. The van der Waals surface area contributed by atoms with Crippen molar-refractivity contribution in [3.05, 3.63) is 87.7 Å². The molecule has 0 radical (unpaired) electrons. The quantitative estimate of drug-likeness (QED) is 0.343. The lowest BCUT2D eigenvalue weighted by Gasteiger charge is -2.25. The van der Waals surface area contributed by atoms with Crippen molar-refractivity contribution in [1.82, 2.24) is 35.0 Å². The molecule has 0 aliphatic carbocycles. The number of methoxy groups -OCH3 is 2. The van der Waals surface area contributed by atoms with Crippen LogP contribution in [0.3, 0.4) is 0 Å². The molecule has 2 aromatic carbocycles. The molecule has 3 heterocycles. The Hall–Kier alpha value is -4.58. The minimum absolute atomic E-state index is 0.00565. The van der Waals surface area contributed by atoms with Gasteiger partial charge in [-0.05, 0) is 42.7 Å². The predicted octanol–water partition coefficient (Wildman–Crippen LogP) is 2.67. The number of ether oxygens (including phenoxy) is 2. The number of carbonyl (C=O) groups is 2. The first kappa shape index (κ1) is 27.0. The molecule has 0 atom stereocenters. The Morgan fingerprint density at radius 2 is 2.00 bits per heavy atom. The van der Waals surface area contributed by atoms with Gasteiger partial charge in [-0.3, -0.25) is 14.3 Å². The fourth-order valence-electron chi connectivity index (χ4n) is 4.76. The monoisotopic (exact) mass is 547 g/mol. The number of nitrogens with one attached hydrogen (secondary N) is 1. The number of aromatic nitrogens is 5. The maximum Gasteiger partial charge on any atom is 0.255 e. The van der Waals surface area contributed by atoms with E-state index < -0.39 is 11.7 Å². The number of aryl methyl sites for hydroxylation is 1. The van der Waals surface area contributed by atoms with Gasteiger partial charge in [0.05, 0.1) is 43.4 Å². The number of amides is 2. The summed E-state index contributed by atoms with van der Waals surface area (Å²) in [5, 5.41) is 15.4. The Bertz CT molecular complexity index is 1580. The van der Waals surface area contributed by atoms with E-state index in [-0.39, 0.29) is 30.4 Å². The van der Waals surface area contributed by atoms with Crippen LogP contribution in [0.4, 0.5) is 4.39 Å². The van der Waals surface area contributed by atoms with Crippen LogP contribution in [0.2, 0.25) is 0 Å². The summed E-state index contributed by atoms with van der Waals surface area (Å²) in [6, 6.07) is 8.98. The number of likely N-dealkylation sites (N-methyl/N-ethyl adjacent to an activating group) is 1. The zero-order valence-electron chi connectivity index (χ0n) is 22.8. The number of benzene rings is 2. The SMILES string of the molecule is COCc1nn(Cc2ccc3c(c2)C(=O)N(C)CC3)cc1C(=O)NCc1c(-n2cc(C)nn2)ccc(OC)c1F. The summed E-state index contributed by atoms with van der Waals surface area (Å²) in [5.74, 6) is -1.00. The summed E-state index contributed by atoms with van der Waals surface area (Å²) < 4.78 is 28.8. The van der Waals surface area contributed by atoms with Crippen LogP contribution in [-0.4, -0.2) is 69.3 Å². The highest BCUT2D eigenvalue weighted by Gasteiger charge is 2.23. The van der Waals surface area contributed by atoms with Crippen LogP contribution in [0.25, 0.3) is 5.69 Å². The molecule has 1 aliphatic rings. The van der Waals surface area contributed by atoms with Gasteiger partial charge in [-0.1, -0.05) is 17.3 Å². The van der Waals surface area contributed by atoms with Crippen LogP contribution in [0.15, 0.2) is 42.7 Å². The molecule has 0 spiro atoms. The van der Waals surface area contributed by atoms with Gasteiger partial charge in [0.1, 0.15) is 5.69 Å². The Balaban J connectivity index is 1.38. The van der Waals surface area contributed by atoms with Crippen molar-refractivity contribution >= 4 is 11.8 Å². The van der Waals surface area contributed by atoms with E-state index in [9.17, 15) is 9.59 Å². The topological polar surface area (TPSA) is 116 Å². The summed E-state index contributed by atoms with van der Waals surface area (Å²) in [6.45, 7) is 2.81. The lowest BCUT2D eigenvalue weighted by molar-refractivity contribution is 0.0780. The van der Waals surface area contributed by atoms with Crippen molar-refractivity contribution in [2.45, 2.75) is 33.0 Å². The number of hydrogen-bond donors (Lipinski definition) is 1. The van der Waals surface area contributed by atoms with Crippen molar-refractivity contribution in [1.29, 1.82) is 0 Å². The average Bonchev–Trinajstić information content (AvgIpc) is 3.56. The minimum Gasteiger partial charge on any atom is -0.494 e. The van der Waals surface area contributed by atoms with Gasteiger partial charge in [0, 0.05) is 44.6 Å². The second-order valence-corrected chi connectivity index (χ2v) is 9.65. The second-order valence-electron chi connectivity index (χ2n) is 9.65. The Morgan fingerprint density at radius 1 is 1.18 bits per heavy atom. The van der Waals surface area contributed by atoms with Gasteiger partial charge in [-0.25, -0.2) is 9.07 Å². The van der Waals surface area contributed by atoms with Gasteiger partial charge in [0.15, 0.2) is 11.6 Å². The van der Waals surface area contributed by atoms with Gasteiger partial charge in [0.2, 0.25) is 0 Å². The highest BCUT2D eigenvalue weighted by Crippen LogP contribution is 2.26. The van der Waals surface area contributed by atoms with E-state index in [1.165, 1.54) is 25.0 Å². The molecule has 11 nitrogen and oxygen atoms in total. The number of carbonyl (C=O) groups excluding carboxylic acids is 2. The Kier molecular flexibility index (Phi) is 7.60. The van der Waals surface area contributed by atoms with E-state index in [1.807, 2.05) is 18.2 Å². The van der Waals surface area contributed by atoms with E-state index >= 15 is 4.39 Å².